The normalized spacial score (nSPS) is 19.4. The molecule has 0 unspecified atom stereocenters. The summed E-state index contributed by atoms with van der Waals surface area (Å²) in [7, 11) is 0. The molecule has 3 aromatic carbocycles. The van der Waals surface area contributed by atoms with Gasteiger partial charge >= 0.3 is 5.97 Å². The van der Waals surface area contributed by atoms with Crippen molar-refractivity contribution in [1.29, 1.82) is 0 Å². The average molecular weight is 589 g/mol. The Kier molecular flexibility index (Phi) is 8.76. The van der Waals surface area contributed by atoms with Gasteiger partial charge < -0.3 is 14.8 Å². The molecule has 1 fully saturated rings. The summed E-state index contributed by atoms with van der Waals surface area (Å²) in [5.41, 5.74) is 4.80. The number of thioether (sulfide) groups is 1. The lowest BCUT2D eigenvalue weighted by Gasteiger charge is -2.39. The van der Waals surface area contributed by atoms with Crippen LogP contribution in [0.15, 0.2) is 89.0 Å². The fourth-order valence-electron chi connectivity index (χ4n) is 4.94. The summed E-state index contributed by atoms with van der Waals surface area (Å²) in [4.78, 5) is 29.4. The first-order valence-corrected chi connectivity index (χ1v) is 14.9. The SMILES string of the molecule is CCOC(=O)C1=C(C)N[C@H]2S/C(=C\c3ccc(OCc4ccc(Cl)cc4)cc3)C(=O)N2[C@@H]1c1ccc(C(C)C)cc1. The van der Waals surface area contributed by atoms with Gasteiger partial charge in [-0.3, -0.25) is 9.69 Å². The topological polar surface area (TPSA) is 67.9 Å². The van der Waals surface area contributed by atoms with Crippen molar-refractivity contribution in [3.8, 4) is 5.75 Å². The van der Waals surface area contributed by atoms with E-state index < -0.39 is 12.0 Å². The Labute approximate surface area is 250 Å². The number of hydrogen-bond donors (Lipinski definition) is 1. The lowest BCUT2D eigenvalue weighted by molar-refractivity contribution is -0.140. The minimum Gasteiger partial charge on any atom is -0.489 e. The third kappa shape index (κ3) is 6.31. The Hall–Kier alpha value is -3.68. The largest absolute Gasteiger partial charge is 0.489 e. The van der Waals surface area contributed by atoms with Crippen molar-refractivity contribution >= 4 is 41.3 Å². The molecule has 8 heteroatoms. The maximum atomic E-state index is 13.9. The summed E-state index contributed by atoms with van der Waals surface area (Å²) < 4.78 is 11.3. The maximum absolute atomic E-state index is 13.9. The van der Waals surface area contributed by atoms with E-state index in [2.05, 4.69) is 31.3 Å². The van der Waals surface area contributed by atoms with E-state index in [0.29, 0.717) is 33.7 Å². The molecular weight excluding hydrogens is 556 g/mol. The molecule has 0 bridgehead atoms. The van der Waals surface area contributed by atoms with Crippen LogP contribution in [0.4, 0.5) is 0 Å². The number of fused-ring (bicyclic) bond motifs is 1. The van der Waals surface area contributed by atoms with E-state index in [4.69, 9.17) is 21.1 Å². The first-order chi connectivity index (χ1) is 19.7. The third-order valence-corrected chi connectivity index (χ3v) is 8.51. The molecule has 3 aromatic rings. The molecule has 0 radical (unpaired) electrons. The van der Waals surface area contributed by atoms with Gasteiger partial charge in [-0.25, -0.2) is 4.79 Å². The summed E-state index contributed by atoms with van der Waals surface area (Å²) in [5.74, 6) is 0.552. The van der Waals surface area contributed by atoms with Gasteiger partial charge in [-0.15, -0.1) is 0 Å². The standard InChI is InChI=1S/C33H33ClN2O4S/c1-5-39-32(38)29-21(4)35-33-36(30(29)25-12-10-24(11-13-25)20(2)3)31(37)28(41-33)18-22-8-16-27(17-9-22)40-19-23-6-14-26(34)15-7-23/h6-18,20,30,33,35H,5,19H2,1-4H3/b28-18-/t30-,33-/m1/s1. The van der Waals surface area contributed by atoms with Gasteiger partial charge in [0, 0.05) is 10.7 Å². The first kappa shape index (κ1) is 28.8. The molecule has 2 heterocycles. The zero-order valence-corrected chi connectivity index (χ0v) is 25.1. The van der Waals surface area contributed by atoms with Crippen LogP contribution in [0.3, 0.4) is 0 Å². The van der Waals surface area contributed by atoms with Gasteiger partial charge in [0.05, 0.1) is 23.1 Å². The molecule has 5 rings (SSSR count). The molecule has 41 heavy (non-hydrogen) atoms. The number of nitrogens with one attached hydrogen (secondary N) is 1. The quantitative estimate of drug-likeness (QED) is 0.218. The molecule has 0 aromatic heterocycles. The zero-order chi connectivity index (χ0) is 29.1. The summed E-state index contributed by atoms with van der Waals surface area (Å²) in [6.45, 7) is 8.62. The van der Waals surface area contributed by atoms with Gasteiger partial charge in [0.1, 0.15) is 12.4 Å². The Balaban J connectivity index is 1.39. The van der Waals surface area contributed by atoms with Crippen LogP contribution in [0.25, 0.3) is 6.08 Å². The number of benzene rings is 3. The number of ether oxygens (including phenoxy) is 2. The monoisotopic (exact) mass is 588 g/mol. The van der Waals surface area contributed by atoms with Crippen LogP contribution in [0.2, 0.25) is 5.02 Å². The van der Waals surface area contributed by atoms with Crippen molar-refractivity contribution in [2.75, 3.05) is 6.61 Å². The fourth-order valence-corrected chi connectivity index (χ4v) is 6.28. The lowest BCUT2D eigenvalue weighted by atomic mass is 9.91. The molecule has 1 N–H and O–H groups in total. The van der Waals surface area contributed by atoms with Gasteiger partial charge in [-0.2, -0.15) is 0 Å². The molecule has 0 spiro atoms. The molecule has 2 aliphatic rings. The average Bonchev–Trinajstić information content (AvgIpc) is 3.26. The summed E-state index contributed by atoms with van der Waals surface area (Å²) in [5, 5.41) is 4.06. The summed E-state index contributed by atoms with van der Waals surface area (Å²) in [6.07, 6.45) is 1.88. The van der Waals surface area contributed by atoms with Crippen LogP contribution in [-0.4, -0.2) is 28.9 Å². The number of amides is 1. The molecule has 6 nitrogen and oxygen atoms in total. The number of nitrogens with zero attached hydrogens (tertiary/aromatic N) is 1. The van der Waals surface area contributed by atoms with E-state index >= 15 is 0 Å². The van der Waals surface area contributed by atoms with Crippen LogP contribution >= 0.6 is 23.4 Å². The van der Waals surface area contributed by atoms with Crippen molar-refractivity contribution in [2.24, 2.45) is 0 Å². The number of hydrogen-bond acceptors (Lipinski definition) is 6. The van der Waals surface area contributed by atoms with E-state index in [1.807, 2.05) is 73.7 Å². The number of halogens is 1. The van der Waals surface area contributed by atoms with Crippen molar-refractivity contribution in [3.05, 3.63) is 116 Å². The van der Waals surface area contributed by atoms with Gasteiger partial charge in [0.15, 0.2) is 5.50 Å². The number of allylic oxidation sites excluding steroid dienone is 1. The molecule has 2 aliphatic heterocycles. The minimum absolute atomic E-state index is 0.136. The van der Waals surface area contributed by atoms with Crippen molar-refractivity contribution < 1.29 is 19.1 Å². The Morgan fingerprint density at radius 3 is 2.37 bits per heavy atom. The van der Waals surface area contributed by atoms with Crippen molar-refractivity contribution in [3.63, 3.8) is 0 Å². The predicted molar refractivity (Wildman–Crippen MR) is 164 cm³/mol. The second kappa shape index (κ2) is 12.5. The second-order valence-corrected chi connectivity index (χ2v) is 11.9. The van der Waals surface area contributed by atoms with Crippen LogP contribution in [0.1, 0.15) is 61.9 Å². The smallest absolute Gasteiger partial charge is 0.338 e. The highest BCUT2D eigenvalue weighted by molar-refractivity contribution is 8.05. The second-order valence-electron chi connectivity index (χ2n) is 10.3. The van der Waals surface area contributed by atoms with E-state index in [-0.39, 0.29) is 18.0 Å². The highest BCUT2D eigenvalue weighted by Gasteiger charge is 2.47. The summed E-state index contributed by atoms with van der Waals surface area (Å²) >= 11 is 7.41. The van der Waals surface area contributed by atoms with Gasteiger partial charge in [-0.1, -0.05) is 85.7 Å². The van der Waals surface area contributed by atoms with Crippen molar-refractivity contribution in [2.45, 2.75) is 51.8 Å². The molecule has 2 atom stereocenters. The minimum atomic E-state index is -0.559. The molecule has 212 valence electrons. The molecule has 1 amide bonds. The van der Waals surface area contributed by atoms with E-state index in [1.54, 1.807) is 11.8 Å². The lowest BCUT2D eigenvalue weighted by Crippen LogP contribution is -2.49. The van der Waals surface area contributed by atoms with Crippen LogP contribution in [-0.2, 0) is 20.9 Å². The van der Waals surface area contributed by atoms with Crippen molar-refractivity contribution in [1.82, 2.24) is 10.2 Å². The summed E-state index contributed by atoms with van der Waals surface area (Å²) in [6, 6.07) is 22.8. The first-order valence-electron chi connectivity index (χ1n) is 13.7. The fraction of sp³-hybridized carbons (Fsp3) is 0.273. The third-order valence-electron chi connectivity index (χ3n) is 7.14. The highest BCUT2D eigenvalue weighted by atomic mass is 35.5. The van der Waals surface area contributed by atoms with Gasteiger partial charge in [0.2, 0.25) is 0 Å². The Morgan fingerprint density at radius 1 is 1.05 bits per heavy atom. The Morgan fingerprint density at radius 2 is 1.73 bits per heavy atom. The van der Waals surface area contributed by atoms with Crippen LogP contribution in [0.5, 0.6) is 5.75 Å². The Bertz CT molecular complexity index is 1480. The van der Waals surface area contributed by atoms with E-state index in [9.17, 15) is 9.59 Å². The maximum Gasteiger partial charge on any atom is 0.338 e. The number of carbonyl (C=O) groups excluding carboxylic acids is 2. The zero-order valence-electron chi connectivity index (χ0n) is 23.5. The molecule has 0 aliphatic carbocycles. The molecule has 1 saturated heterocycles. The van der Waals surface area contributed by atoms with Crippen LogP contribution < -0.4 is 10.1 Å². The number of carbonyl (C=O) groups is 2. The number of esters is 1. The molecular formula is C33H33ClN2O4S. The predicted octanol–water partition coefficient (Wildman–Crippen LogP) is 7.42. The van der Waals surface area contributed by atoms with E-state index in [0.717, 1.165) is 22.4 Å². The van der Waals surface area contributed by atoms with Crippen LogP contribution in [0, 0.1) is 0 Å². The number of rotatable bonds is 8. The van der Waals surface area contributed by atoms with Gasteiger partial charge in [0.25, 0.3) is 5.91 Å². The highest BCUT2D eigenvalue weighted by Crippen LogP contribution is 2.46. The van der Waals surface area contributed by atoms with E-state index in [1.165, 1.54) is 17.3 Å². The molecule has 0 saturated carbocycles. The van der Waals surface area contributed by atoms with Gasteiger partial charge in [-0.05, 0) is 72.4 Å².